The second kappa shape index (κ2) is 11.0. The van der Waals surface area contributed by atoms with Crippen LogP contribution in [0.4, 0.5) is 0 Å². The smallest absolute Gasteiger partial charge is 0.240 e. The third-order valence-electron chi connectivity index (χ3n) is 6.20. The summed E-state index contributed by atoms with van der Waals surface area (Å²) in [5.41, 5.74) is 2.39. The number of aromatic nitrogens is 2. The van der Waals surface area contributed by atoms with Crippen LogP contribution in [-0.4, -0.2) is 58.4 Å². The van der Waals surface area contributed by atoms with Crippen molar-refractivity contribution in [1.29, 1.82) is 0 Å². The summed E-state index contributed by atoms with van der Waals surface area (Å²) >= 11 is 0. The van der Waals surface area contributed by atoms with Crippen molar-refractivity contribution in [2.45, 2.75) is 38.4 Å². The zero-order valence-corrected chi connectivity index (χ0v) is 19.0. The number of halogens is 2. The van der Waals surface area contributed by atoms with E-state index in [1.54, 1.807) is 12.4 Å². The highest BCUT2D eigenvalue weighted by Crippen LogP contribution is 2.41. The van der Waals surface area contributed by atoms with E-state index >= 15 is 0 Å². The third kappa shape index (κ3) is 5.70. The van der Waals surface area contributed by atoms with Gasteiger partial charge in [0.05, 0.1) is 6.04 Å². The number of amides is 1. The number of likely N-dealkylation sites (N-methyl/N-ethyl adjacent to an activating group) is 1. The molecule has 1 unspecified atom stereocenters. The largest absolute Gasteiger partial charge is 0.333 e. The van der Waals surface area contributed by atoms with Crippen LogP contribution in [0.2, 0.25) is 0 Å². The summed E-state index contributed by atoms with van der Waals surface area (Å²) in [6.07, 6.45) is 10.5. The fraction of sp³-hybridized carbons (Fsp3) is 0.500. The van der Waals surface area contributed by atoms with Gasteiger partial charge in [-0.2, -0.15) is 0 Å². The lowest BCUT2D eigenvalue weighted by Crippen LogP contribution is -2.43. The molecule has 4 rings (SSSR count). The van der Waals surface area contributed by atoms with Gasteiger partial charge in [-0.15, -0.1) is 24.8 Å². The quantitative estimate of drug-likeness (QED) is 0.756. The maximum Gasteiger partial charge on any atom is 0.240 e. The Kier molecular flexibility index (Phi) is 9.04. The Labute approximate surface area is 191 Å². The number of pyridine rings is 2. The van der Waals surface area contributed by atoms with E-state index in [0.29, 0.717) is 13.1 Å². The highest BCUT2D eigenvalue weighted by molar-refractivity contribution is 5.85. The van der Waals surface area contributed by atoms with Crippen molar-refractivity contribution < 1.29 is 4.79 Å². The molecule has 0 bridgehead atoms. The zero-order chi connectivity index (χ0) is 19.4. The molecule has 1 atom stereocenters. The second-order valence-electron chi connectivity index (χ2n) is 8.30. The molecular weight excluding hydrogens is 421 g/mol. The molecule has 0 aliphatic carbocycles. The fourth-order valence-corrected chi connectivity index (χ4v) is 4.71. The molecule has 2 aliphatic heterocycles. The Morgan fingerprint density at radius 2 is 1.67 bits per heavy atom. The van der Waals surface area contributed by atoms with Crippen molar-refractivity contribution >= 4 is 30.7 Å². The molecule has 2 saturated heterocycles. The van der Waals surface area contributed by atoms with Crippen molar-refractivity contribution in [1.82, 2.24) is 25.1 Å². The van der Waals surface area contributed by atoms with E-state index in [0.717, 1.165) is 50.0 Å². The van der Waals surface area contributed by atoms with Gasteiger partial charge in [0.15, 0.2) is 0 Å². The van der Waals surface area contributed by atoms with Crippen LogP contribution in [0.5, 0.6) is 0 Å². The molecule has 0 aromatic carbocycles. The number of hydrogen-bond acceptors (Lipinski definition) is 5. The Morgan fingerprint density at radius 1 is 1.10 bits per heavy atom. The summed E-state index contributed by atoms with van der Waals surface area (Å²) in [5, 5.41) is 3.46. The summed E-state index contributed by atoms with van der Waals surface area (Å²) < 4.78 is 0. The van der Waals surface area contributed by atoms with Crippen LogP contribution < -0.4 is 5.32 Å². The lowest BCUT2D eigenvalue weighted by molar-refractivity contribution is -0.137. The van der Waals surface area contributed by atoms with Crippen molar-refractivity contribution in [2.24, 2.45) is 5.41 Å². The first-order chi connectivity index (χ1) is 13.7. The van der Waals surface area contributed by atoms with E-state index < -0.39 is 0 Å². The SMILES string of the molecule is CN1CC2(CCNCC2)CC1C(=O)N(Cc1cccnc1)Cc1cccnc1.Cl.Cl. The molecule has 164 valence electrons. The summed E-state index contributed by atoms with van der Waals surface area (Å²) in [6.45, 7) is 4.27. The topological polar surface area (TPSA) is 61.4 Å². The molecular formula is C22H31Cl2N5O. The normalized spacial score (nSPS) is 20.2. The molecule has 4 heterocycles. The van der Waals surface area contributed by atoms with Gasteiger partial charge < -0.3 is 10.2 Å². The highest BCUT2D eigenvalue weighted by Gasteiger charge is 2.46. The molecule has 2 aromatic rings. The van der Waals surface area contributed by atoms with Crippen molar-refractivity contribution in [3.05, 3.63) is 60.2 Å². The summed E-state index contributed by atoms with van der Waals surface area (Å²) in [6, 6.07) is 7.86. The van der Waals surface area contributed by atoms with Gasteiger partial charge in [-0.05, 0) is 68.1 Å². The second-order valence-corrected chi connectivity index (χ2v) is 8.30. The van der Waals surface area contributed by atoms with Gasteiger partial charge >= 0.3 is 0 Å². The maximum atomic E-state index is 13.6. The number of nitrogens with zero attached hydrogens (tertiary/aromatic N) is 4. The molecule has 8 heteroatoms. The predicted molar refractivity (Wildman–Crippen MR) is 123 cm³/mol. The van der Waals surface area contributed by atoms with Gasteiger partial charge in [0.1, 0.15) is 0 Å². The molecule has 0 saturated carbocycles. The third-order valence-corrected chi connectivity index (χ3v) is 6.20. The fourth-order valence-electron chi connectivity index (χ4n) is 4.71. The van der Waals surface area contributed by atoms with Crippen LogP contribution >= 0.6 is 24.8 Å². The standard InChI is InChI=1S/C22H29N5O.2ClH/c1-26-17-22(6-10-23-11-7-22)12-20(26)21(28)27(15-18-4-2-8-24-13-18)16-19-5-3-9-25-14-19;;/h2-5,8-9,13-14,20,23H,6-7,10-12,15-17H2,1H3;2*1H. The van der Waals surface area contributed by atoms with E-state index in [1.165, 1.54) is 0 Å². The van der Waals surface area contributed by atoms with E-state index in [2.05, 4.69) is 27.2 Å². The van der Waals surface area contributed by atoms with Crippen LogP contribution in [0.15, 0.2) is 49.1 Å². The van der Waals surface area contributed by atoms with Crippen LogP contribution in [0.3, 0.4) is 0 Å². The molecule has 1 spiro atoms. The molecule has 1 N–H and O–H groups in total. The van der Waals surface area contributed by atoms with Crippen molar-refractivity contribution in [2.75, 3.05) is 26.7 Å². The van der Waals surface area contributed by atoms with Gasteiger partial charge in [0.25, 0.3) is 0 Å². The lowest BCUT2D eigenvalue weighted by atomic mass is 9.77. The van der Waals surface area contributed by atoms with Crippen molar-refractivity contribution in [3.8, 4) is 0 Å². The number of carbonyl (C=O) groups is 1. The minimum atomic E-state index is -0.0496. The van der Waals surface area contributed by atoms with Crippen LogP contribution in [0.1, 0.15) is 30.4 Å². The lowest BCUT2D eigenvalue weighted by Gasteiger charge is -2.33. The number of carbonyl (C=O) groups excluding carboxylic acids is 1. The highest BCUT2D eigenvalue weighted by atomic mass is 35.5. The molecule has 30 heavy (non-hydrogen) atoms. The number of hydrogen-bond donors (Lipinski definition) is 1. The monoisotopic (exact) mass is 451 g/mol. The Bertz CT molecular complexity index is 745. The van der Waals surface area contributed by atoms with E-state index in [-0.39, 0.29) is 42.2 Å². The van der Waals surface area contributed by atoms with Crippen LogP contribution in [0.25, 0.3) is 0 Å². The predicted octanol–water partition coefficient (Wildman–Crippen LogP) is 2.92. The van der Waals surface area contributed by atoms with Gasteiger partial charge in [-0.3, -0.25) is 19.7 Å². The molecule has 2 fully saturated rings. The molecule has 0 radical (unpaired) electrons. The van der Waals surface area contributed by atoms with Crippen molar-refractivity contribution in [3.63, 3.8) is 0 Å². The van der Waals surface area contributed by atoms with Gasteiger partial charge in [0.2, 0.25) is 5.91 Å². The molecule has 6 nitrogen and oxygen atoms in total. The van der Waals surface area contributed by atoms with E-state index in [9.17, 15) is 4.79 Å². The summed E-state index contributed by atoms with van der Waals surface area (Å²) in [5.74, 6) is 0.214. The van der Waals surface area contributed by atoms with E-state index in [4.69, 9.17) is 0 Å². The number of nitrogens with one attached hydrogen (secondary N) is 1. The Balaban J connectivity index is 0.00000160. The molecule has 1 amide bonds. The first-order valence-corrected chi connectivity index (χ1v) is 10.1. The number of piperidine rings is 1. The Hall–Kier alpha value is -1.73. The average Bonchev–Trinajstić information content (AvgIpc) is 3.04. The maximum absolute atomic E-state index is 13.6. The first-order valence-electron chi connectivity index (χ1n) is 10.1. The number of likely N-dealkylation sites (tertiary alicyclic amines) is 1. The number of rotatable bonds is 5. The van der Waals surface area contributed by atoms with Gasteiger partial charge in [-0.1, -0.05) is 12.1 Å². The van der Waals surface area contributed by atoms with Gasteiger partial charge in [-0.25, -0.2) is 0 Å². The minimum absolute atomic E-state index is 0. The Morgan fingerprint density at radius 3 is 2.17 bits per heavy atom. The molecule has 2 aliphatic rings. The summed E-state index contributed by atoms with van der Waals surface area (Å²) in [4.78, 5) is 26.3. The van der Waals surface area contributed by atoms with Gasteiger partial charge in [0, 0.05) is 44.4 Å². The van der Waals surface area contributed by atoms with Crippen LogP contribution in [-0.2, 0) is 17.9 Å². The summed E-state index contributed by atoms with van der Waals surface area (Å²) in [7, 11) is 2.10. The van der Waals surface area contributed by atoms with Crippen LogP contribution in [0, 0.1) is 5.41 Å². The first kappa shape index (κ1) is 24.5. The zero-order valence-electron chi connectivity index (χ0n) is 17.4. The van der Waals surface area contributed by atoms with E-state index in [1.807, 2.05) is 41.6 Å². The average molecular weight is 452 g/mol. The molecule has 2 aromatic heterocycles. The minimum Gasteiger partial charge on any atom is -0.333 e.